The molecule has 0 bridgehead atoms. The monoisotopic (exact) mass is 298 g/mol. The predicted octanol–water partition coefficient (Wildman–Crippen LogP) is 2.05. The quantitative estimate of drug-likeness (QED) is 0.701. The molecule has 108 valence electrons. The van der Waals surface area contributed by atoms with Gasteiger partial charge in [0.05, 0.1) is 17.2 Å². The van der Waals surface area contributed by atoms with E-state index in [0.29, 0.717) is 5.69 Å². The van der Waals surface area contributed by atoms with Gasteiger partial charge in [0.25, 0.3) is 0 Å². The standard InChI is InChI=1S/C13H15ClN2O4/c1-2-5-16(6-7-17)13(20)15-9-3-4-10(12(18)19)11(14)8-9/h2-4,8,17H,1,5-7H2,(H,15,20)(H,18,19). The number of amides is 2. The summed E-state index contributed by atoms with van der Waals surface area (Å²) in [6.07, 6.45) is 1.54. The van der Waals surface area contributed by atoms with Crippen LogP contribution in [0, 0.1) is 0 Å². The lowest BCUT2D eigenvalue weighted by atomic mass is 10.2. The Hall–Kier alpha value is -2.05. The third-order valence-corrected chi connectivity index (χ3v) is 2.77. The minimum Gasteiger partial charge on any atom is -0.478 e. The van der Waals surface area contributed by atoms with Gasteiger partial charge in [-0.2, -0.15) is 0 Å². The number of hydrogen-bond acceptors (Lipinski definition) is 3. The zero-order valence-electron chi connectivity index (χ0n) is 10.7. The van der Waals surface area contributed by atoms with Crippen molar-refractivity contribution >= 4 is 29.3 Å². The number of hydrogen-bond donors (Lipinski definition) is 3. The Morgan fingerprint density at radius 2 is 2.15 bits per heavy atom. The Morgan fingerprint density at radius 1 is 1.45 bits per heavy atom. The van der Waals surface area contributed by atoms with Crippen molar-refractivity contribution in [2.75, 3.05) is 25.0 Å². The fraction of sp³-hybridized carbons (Fsp3) is 0.231. The van der Waals surface area contributed by atoms with Gasteiger partial charge in [-0.25, -0.2) is 9.59 Å². The number of halogens is 1. The van der Waals surface area contributed by atoms with E-state index in [1.165, 1.54) is 29.2 Å². The van der Waals surface area contributed by atoms with Crippen LogP contribution in [0.5, 0.6) is 0 Å². The first-order valence-electron chi connectivity index (χ1n) is 5.80. The van der Waals surface area contributed by atoms with Crippen molar-refractivity contribution in [3.63, 3.8) is 0 Å². The Bertz CT molecular complexity index is 519. The van der Waals surface area contributed by atoms with E-state index in [0.717, 1.165) is 0 Å². The molecule has 1 aromatic carbocycles. The highest BCUT2D eigenvalue weighted by Crippen LogP contribution is 2.21. The summed E-state index contributed by atoms with van der Waals surface area (Å²) in [5.74, 6) is -1.14. The topological polar surface area (TPSA) is 89.9 Å². The summed E-state index contributed by atoms with van der Waals surface area (Å²) in [7, 11) is 0. The first-order valence-corrected chi connectivity index (χ1v) is 6.18. The average Bonchev–Trinajstić information content (AvgIpc) is 2.38. The highest BCUT2D eigenvalue weighted by atomic mass is 35.5. The summed E-state index contributed by atoms with van der Waals surface area (Å²) in [6.45, 7) is 3.81. The molecule has 0 fully saturated rings. The number of aliphatic hydroxyl groups is 1. The second-order valence-electron chi connectivity index (χ2n) is 3.89. The maximum Gasteiger partial charge on any atom is 0.337 e. The van der Waals surface area contributed by atoms with Crippen LogP contribution in [0.2, 0.25) is 5.02 Å². The lowest BCUT2D eigenvalue weighted by molar-refractivity contribution is 0.0697. The number of anilines is 1. The van der Waals surface area contributed by atoms with E-state index in [2.05, 4.69) is 11.9 Å². The first kappa shape index (κ1) is 16.0. The number of carboxylic acid groups (broad SMARTS) is 1. The fourth-order valence-electron chi connectivity index (χ4n) is 1.52. The highest BCUT2D eigenvalue weighted by Gasteiger charge is 2.13. The molecule has 0 aliphatic rings. The number of carboxylic acids is 1. The van der Waals surface area contributed by atoms with Crippen LogP contribution in [0.3, 0.4) is 0 Å². The van der Waals surface area contributed by atoms with Crippen LogP contribution in [-0.2, 0) is 0 Å². The van der Waals surface area contributed by atoms with Crippen LogP contribution in [-0.4, -0.2) is 46.8 Å². The van der Waals surface area contributed by atoms with Gasteiger partial charge in [0.1, 0.15) is 0 Å². The highest BCUT2D eigenvalue weighted by molar-refractivity contribution is 6.33. The third-order valence-electron chi connectivity index (χ3n) is 2.46. The SMILES string of the molecule is C=CCN(CCO)C(=O)Nc1ccc(C(=O)O)c(Cl)c1. The van der Waals surface area contributed by atoms with Crippen LogP contribution in [0.4, 0.5) is 10.5 Å². The number of nitrogens with zero attached hydrogens (tertiary/aromatic N) is 1. The summed E-state index contributed by atoms with van der Waals surface area (Å²) in [6, 6.07) is 3.68. The lowest BCUT2D eigenvalue weighted by Crippen LogP contribution is -2.37. The van der Waals surface area contributed by atoms with E-state index in [1.807, 2.05) is 0 Å². The van der Waals surface area contributed by atoms with Crippen molar-refractivity contribution in [3.05, 3.63) is 41.4 Å². The maximum absolute atomic E-state index is 11.9. The van der Waals surface area contributed by atoms with Gasteiger partial charge >= 0.3 is 12.0 Å². The molecule has 6 nitrogen and oxygen atoms in total. The van der Waals surface area contributed by atoms with Gasteiger partial charge in [0.2, 0.25) is 0 Å². The number of nitrogens with one attached hydrogen (secondary N) is 1. The molecule has 0 saturated carbocycles. The molecule has 7 heteroatoms. The van der Waals surface area contributed by atoms with Crippen LogP contribution in [0.1, 0.15) is 10.4 Å². The predicted molar refractivity (Wildman–Crippen MR) is 76.3 cm³/mol. The number of rotatable bonds is 6. The van der Waals surface area contributed by atoms with Gasteiger partial charge in [-0.05, 0) is 18.2 Å². The van der Waals surface area contributed by atoms with E-state index in [9.17, 15) is 9.59 Å². The summed E-state index contributed by atoms with van der Waals surface area (Å²) < 4.78 is 0. The average molecular weight is 299 g/mol. The molecular weight excluding hydrogens is 284 g/mol. The van der Waals surface area contributed by atoms with Crippen molar-refractivity contribution in [2.24, 2.45) is 0 Å². The van der Waals surface area contributed by atoms with Crippen molar-refractivity contribution in [3.8, 4) is 0 Å². The fourth-order valence-corrected chi connectivity index (χ4v) is 1.78. The molecule has 0 heterocycles. The lowest BCUT2D eigenvalue weighted by Gasteiger charge is -2.20. The number of carbonyl (C=O) groups excluding carboxylic acids is 1. The smallest absolute Gasteiger partial charge is 0.337 e. The summed E-state index contributed by atoms with van der Waals surface area (Å²) in [5.41, 5.74) is 0.333. The van der Waals surface area contributed by atoms with Crippen LogP contribution < -0.4 is 5.32 Å². The largest absolute Gasteiger partial charge is 0.478 e. The van der Waals surface area contributed by atoms with Crippen LogP contribution >= 0.6 is 11.6 Å². The van der Waals surface area contributed by atoms with E-state index < -0.39 is 12.0 Å². The molecule has 0 unspecified atom stereocenters. The zero-order chi connectivity index (χ0) is 15.1. The molecule has 0 saturated heterocycles. The number of aromatic carboxylic acids is 1. The summed E-state index contributed by atoms with van der Waals surface area (Å²) in [5, 5.41) is 20.3. The van der Waals surface area contributed by atoms with Crippen molar-refractivity contribution < 1.29 is 19.8 Å². The Morgan fingerprint density at radius 3 is 2.65 bits per heavy atom. The molecule has 2 amide bonds. The summed E-state index contributed by atoms with van der Waals surface area (Å²) >= 11 is 5.81. The number of carbonyl (C=O) groups is 2. The molecule has 0 aliphatic heterocycles. The second-order valence-corrected chi connectivity index (χ2v) is 4.30. The molecule has 1 aromatic rings. The van der Waals surface area contributed by atoms with Crippen molar-refractivity contribution in [1.29, 1.82) is 0 Å². The van der Waals surface area contributed by atoms with Gasteiger partial charge in [0.15, 0.2) is 0 Å². The third kappa shape index (κ3) is 4.25. The molecule has 20 heavy (non-hydrogen) atoms. The number of aliphatic hydroxyl groups excluding tert-OH is 1. The van der Waals surface area contributed by atoms with E-state index in [1.54, 1.807) is 0 Å². The number of urea groups is 1. The van der Waals surface area contributed by atoms with Crippen LogP contribution in [0.25, 0.3) is 0 Å². The Balaban J connectivity index is 2.81. The Kier molecular flexibility index (Phi) is 6.02. The minimum atomic E-state index is -1.14. The normalized spacial score (nSPS) is 9.90. The van der Waals surface area contributed by atoms with Gasteiger partial charge in [0, 0.05) is 18.8 Å². The van der Waals surface area contributed by atoms with E-state index in [4.69, 9.17) is 21.8 Å². The number of benzene rings is 1. The summed E-state index contributed by atoms with van der Waals surface area (Å²) in [4.78, 5) is 24.1. The molecule has 0 radical (unpaired) electrons. The zero-order valence-corrected chi connectivity index (χ0v) is 11.4. The maximum atomic E-state index is 11.9. The van der Waals surface area contributed by atoms with Gasteiger partial charge < -0.3 is 20.4 Å². The van der Waals surface area contributed by atoms with E-state index in [-0.39, 0.29) is 30.3 Å². The van der Waals surface area contributed by atoms with Gasteiger partial charge in [-0.3, -0.25) is 0 Å². The van der Waals surface area contributed by atoms with Crippen molar-refractivity contribution in [2.45, 2.75) is 0 Å². The molecule has 0 atom stereocenters. The molecule has 1 rings (SSSR count). The first-order chi connectivity index (χ1) is 9.49. The molecule has 0 spiro atoms. The second kappa shape index (κ2) is 7.52. The molecular formula is C13H15ClN2O4. The van der Waals surface area contributed by atoms with Gasteiger partial charge in [-0.15, -0.1) is 6.58 Å². The molecule has 0 aromatic heterocycles. The van der Waals surface area contributed by atoms with Gasteiger partial charge in [-0.1, -0.05) is 17.7 Å². The van der Waals surface area contributed by atoms with Crippen molar-refractivity contribution in [1.82, 2.24) is 4.90 Å². The van der Waals surface area contributed by atoms with Crippen LogP contribution in [0.15, 0.2) is 30.9 Å². The van der Waals surface area contributed by atoms with E-state index >= 15 is 0 Å². The molecule has 3 N–H and O–H groups in total. The molecule has 0 aliphatic carbocycles. The Labute approximate surface area is 121 Å². The minimum absolute atomic E-state index is 0.0349.